The summed E-state index contributed by atoms with van der Waals surface area (Å²) in [5.41, 5.74) is -2.98. The van der Waals surface area contributed by atoms with Gasteiger partial charge in [-0.15, -0.1) is 0 Å². The van der Waals surface area contributed by atoms with Gasteiger partial charge in [0, 0.05) is 6.85 Å². The molecule has 0 bridgehead atoms. The maximum absolute atomic E-state index is 12.5. The topological polar surface area (TPSA) is 84.5 Å². The van der Waals surface area contributed by atoms with Crippen LogP contribution in [0, 0.1) is 0 Å². The zero-order chi connectivity index (χ0) is 19.0. The first-order valence-electron chi connectivity index (χ1n) is 8.38. The van der Waals surface area contributed by atoms with Crippen LogP contribution in [0.1, 0.15) is 32.6 Å². The molecule has 6 nitrogen and oxygen atoms in total. The Labute approximate surface area is 123 Å². The van der Waals surface area contributed by atoms with Crippen molar-refractivity contribution in [3.05, 3.63) is 29.8 Å². The lowest BCUT2D eigenvalue weighted by Gasteiger charge is -2.33. The molecule has 0 unspecified atom stereocenters. The van der Waals surface area contributed by atoms with E-state index < -0.39 is 36.5 Å². The minimum absolute atomic E-state index is 0.209. The van der Waals surface area contributed by atoms with E-state index in [0.717, 1.165) is 0 Å². The monoisotopic (exact) mass is 281 g/mol. The van der Waals surface area contributed by atoms with Crippen molar-refractivity contribution in [2.45, 2.75) is 25.6 Å². The number of carbonyl (C=O) groups excluding carboxylic acids is 3. The molecule has 1 aliphatic rings. The Morgan fingerprint density at radius 2 is 1.80 bits per heavy atom. The Balaban J connectivity index is 2.71. The van der Waals surface area contributed by atoms with Crippen molar-refractivity contribution in [2.75, 3.05) is 6.61 Å². The van der Waals surface area contributed by atoms with Gasteiger partial charge >= 0.3 is 6.03 Å². The number of benzene rings is 1. The first-order chi connectivity index (χ1) is 11.5. The van der Waals surface area contributed by atoms with E-state index in [1.807, 2.05) is 0 Å². The molecule has 1 aromatic rings. The normalized spacial score (nSPS) is 22.4. The van der Waals surface area contributed by atoms with Crippen molar-refractivity contribution in [3.63, 3.8) is 0 Å². The molecule has 0 atom stereocenters. The van der Waals surface area contributed by atoms with Crippen molar-refractivity contribution >= 4 is 17.8 Å². The van der Waals surface area contributed by atoms with E-state index in [1.54, 1.807) is 17.6 Å². The Kier molecular flexibility index (Phi) is 2.32. The van der Waals surface area contributed by atoms with E-state index in [4.69, 9.17) is 11.6 Å². The minimum atomic E-state index is -3.32. The van der Waals surface area contributed by atoms with Crippen LogP contribution >= 0.6 is 0 Å². The molecular weight excluding hydrogens is 260 g/mol. The molecule has 1 heterocycles. The second-order valence-electron chi connectivity index (χ2n) is 4.07. The van der Waals surface area contributed by atoms with E-state index >= 15 is 0 Å². The Morgan fingerprint density at radius 3 is 2.30 bits per heavy atom. The zero-order valence-electron chi connectivity index (χ0n) is 15.6. The smallest absolute Gasteiger partial charge is 0.328 e. The lowest BCUT2D eigenvalue weighted by atomic mass is 9.75. The van der Waals surface area contributed by atoms with E-state index in [-0.39, 0.29) is 5.56 Å². The van der Waals surface area contributed by atoms with Gasteiger partial charge in [-0.3, -0.25) is 20.2 Å². The molecule has 0 aliphatic carbocycles. The molecule has 106 valence electrons. The summed E-state index contributed by atoms with van der Waals surface area (Å²) in [5, 5.41) is 3.57. The van der Waals surface area contributed by atoms with Gasteiger partial charge in [0.1, 0.15) is 5.75 Å². The lowest BCUT2D eigenvalue weighted by Crippen LogP contribution is -2.64. The SMILES string of the molecule is [2H]C([2H])([2H])C([2H])([2H])C1(c2ccc(OCC)cc2)C(=O)NC(=O)NC1=O. The molecule has 0 saturated carbocycles. The summed E-state index contributed by atoms with van der Waals surface area (Å²) in [6, 6.07) is 4.07. The van der Waals surface area contributed by atoms with Crippen molar-refractivity contribution in [3.8, 4) is 5.75 Å². The summed E-state index contributed by atoms with van der Waals surface area (Å²) >= 11 is 0. The number of amides is 4. The van der Waals surface area contributed by atoms with Crippen LogP contribution in [-0.4, -0.2) is 24.5 Å². The number of carbonyl (C=O) groups is 3. The molecule has 0 aromatic heterocycles. The van der Waals surface area contributed by atoms with Crippen molar-refractivity contribution < 1.29 is 26.0 Å². The van der Waals surface area contributed by atoms with Crippen LogP contribution in [0.15, 0.2) is 24.3 Å². The predicted molar refractivity (Wildman–Crippen MR) is 71.3 cm³/mol. The summed E-state index contributed by atoms with van der Waals surface area (Å²) in [6.45, 7) is -1.22. The molecule has 0 radical (unpaired) electrons. The second-order valence-corrected chi connectivity index (χ2v) is 4.07. The standard InChI is InChI=1S/C14H16N2O4/c1-3-14(11(17)15-13(19)16-12(14)18)9-5-7-10(8-6-9)20-4-2/h5-8H,3-4H2,1-2H3,(H2,15,16,17,18,19)/i1D3,3D2. The molecule has 4 amide bonds. The van der Waals surface area contributed by atoms with Gasteiger partial charge in [0.2, 0.25) is 11.8 Å². The van der Waals surface area contributed by atoms with Gasteiger partial charge in [-0.25, -0.2) is 4.79 Å². The molecule has 2 N–H and O–H groups in total. The van der Waals surface area contributed by atoms with Gasteiger partial charge < -0.3 is 4.74 Å². The average Bonchev–Trinajstić information content (AvgIpc) is 2.47. The van der Waals surface area contributed by atoms with Crippen LogP contribution in [-0.2, 0) is 15.0 Å². The van der Waals surface area contributed by atoms with Crippen LogP contribution in [0.3, 0.4) is 0 Å². The molecule has 2 rings (SSSR count). The van der Waals surface area contributed by atoms with E-state index in [0.29, 0.717) is 12.4 Å². The molecule has 1 saturated heterocycles. The summed E-state index contributed by atoms with van der Waals surface area (Å²) in [7, 11) is 0. The predicted octanol–water partition coefficient (Wildman–Crippen LogP) is 1.10. The third-order valence-electron chi connectivity index (χ3n) is 2.92. The van der Waals surface area contributed by atoms with Gasteiger partial charge in [-0.05, 0) is 31.0 Å². The fraction of sp³-hybridized carbons (Fsp3) is 0.357. The summed E-state index contributed by atoms with van der Waals surface area (Å²) in [4.78, 5) is 36.4. The van der Waals surface area contributed by atoms with Crippen LogP contribution in [0.4, 0.5) is 4.79 Å². The third-order valence-corrected chi connectivity index (χ3v) is 2.92. The van der Waals surface area contributed by atoms with E-state index in [1.165, 1.54) is 24.3 Å². The maximum atomic E-state index is 12.5. The highest BCUT2D eigenvalue weighted by atomic mass is 16.5. The lowest BCUT2D eigenvalue weighted by molar-refractivity contribution is -0.138. The number of nitrogens with one attached hydrogen (secondary N) is 2. The summed E-state index contributed by atoms with van der Waals surface area (Å²) in [6.07, 6.45) is -3.29. The molecule has 20 heavy (non-hydrogen) atoms. The van der Waals surface area contributed by atoms with E-state index in [9.17, 15) is 14.4 Å². The highest BCUT2D eigenvalue weighted by Crippen LogP contribution is 2.31. The number of rotatable bonds is 4. The molecule has 1 aromatic carbocycles. The first kappa shape index (κ1) is 8.73. The quantitative estimate of drug-likeness (QED) is 0.809. The Bertz CT molecular complexity index is 695. The highest BCUT2D eigenvalue weighted by Gasteiger charge is 2.50. The van der Waals surface area contributed by atoms with Crippen molar-refractivity contribution in [2.24, 2.45) is 0 Å². The largest absolute Gasteiger partial charge is 0.494 e. The summed E-state index contributed by atoms with van der Waals surface area (Å²) < 4.78 is 43.8. The van der Waals surface area contributed by atoms with Gasteiger partial charge in [0.15, 0.2) is 5.41 Å². The van der Waals surface area contributed by atoms with Gasteiger partial charge in [-0.2, -0.15) is 0 Å². The van der Waals surface area contributed by atoms with Crippen LogP contribution < -0.4 is 15.4 Å². The molecule has 6 heteroatoms. The third kappa shape index (κ3) is 2.13. The minimum Gasteiger partial charge on any atom is -0.494 e. The second kappa shape index (κ2) is 5.32. The van der Waals surface area contributed by atoms with Crippen LogP contribution in [0.5, 0.6) is 5.75 Å². The first-order valence-corrected chi connectivity index (χ1v) is 5.88. The van der Waals surface area contributed by atoms with Gasteiger partial charge in [0.25, 0.3) is 0 Å². The van der Waals surface area contributed by atoms with Gasteiger partial charge in [0.05, 0.1) is 6.61 Å². The fourth-order valence-electron chi connectivity index (χ4n) is 1.94. The number of hydrogen-bond acceptors (Lipinski definition) is 4. The highest BCUT2D eigenvalue weighted by molar-refractivity contribution is 6.22. The number of ether oxygens (including phenoxy) is 1. The van der Waals surface area contributed by atoms with Crippen molar-refractivity contribution in [1.29, 1.82) is 0 Å². The molecule has 1 aliphatic heterocycles. The number of barbiturate groups is 1. The van der Waals surface area contributed by atoms with E-state index in [2.05, 4.69) is 0 Å². The van der Waals surface area contributed by atoms with Crippen molar-refractivity contribution in [1.82, 2.24) is 10.6 Å². The van der Waals surface area contributed by atoms with Crippen LogP contribution in [0.2, 0.25) is 0 Å². The average molecular weight is 281 g/mol. The van der Waals surface area contributed by atoms with Gasteiger partial charge in [-0.1, -0.05) is 19.0 Å². The Morgan fingerprint density at radius 1 is 1.20 bits per heavy atom. The number of imide groups is 2. The Hall–Kier alpha value is -2.37. The fourth-order valence-corrected chi connectivity index (χ4v) is 1.94. The maximum Gasteiger partial charge on any atom is 0.328 e. The number of hydrogen-bond donors (Lipinski definition) is 2. The number of urea groups is 1. The summed E-state index contributed by atoms with van der Waals surface area (Å²) in [5.74, 6) is -2.29. The zero-order valence-corrected chi connectivity index (χ0v) is 10.6. The molecular formula is C14H16N2O4. The molecule has 0 spiro atoms. The van der Waals surface area contributed by atoms with Crippen LogP contribution in [0.25, 0.3) is 0 Å². The molecule has 1 fully saturated rings.